The van der Waals surface area contributed by atoms with Crippen LogP contribution in [-0.2, 0) is 6.54 Å². The summed E-state index contributed by atoms with van der Waals surface area (Å²) in [4.78, 5) is 13.5. The summed E-state index contributed by atoms with van der Waals surface area (Å²) in [5.74, 6) is 1.13. The van der Waals surface area contributed by atoms with E-state index < -0.39 is 0 Å². The topological polar surface area (TPSA) is 50.8 Å². The molecule has 148 valence electrons. The molecule has 4 aromatic rings. The molecule has 1 aliphatic rings. The van der Waals surface area contributed by atoms with Gasteiger partial charge in [0.15, 0.2) is 11.3 Å². The first-order valence-corrected chi connectivity index (χ1v) is 10.4. The lowest BCUT2D eigenvalue weighted by Gasteiger charge is -2.33. The van der Waals surface area contributed by atoms with Crippen molar-refractivity contribution in [3.8, 4) is 0 Å². The van der Waals surface area contributed by atoms with E-state index in [2.05, 4.69) is 66.2 Å². The van der Waals surface area contributed by atoms with Gasteiger partial charge in [-0.15, -0.1) is 5.10 Å². The highest BCUT2D eigenvalue weighted by molar-refractivity contribution is 5.93. The van der Waals surface area contributed by atoms with E-state index >= 15 is 0 Å². The molecule has 0 bridgehead atoms. The van der Waals surface area contributed by atoms with Crippen molar-refractivity contribution in [3.63, 3.8) is 0 Å². The summed E-state index contributed by atoms with van der Waals surface area (Å²) in [5, 5.41) is 5.90. The summed E-state index contributed by atoms with van der Waals surface area (Å²) in [7, 11) is 0. The predicted molar refractivity (Wildman–Crippen MR) is 116 cm³/mol. The molecule has 0 aliphatic carbocycles. The maximum absolute atomic E-state index is 4.83. The van der Waals surface area contributed by atoms with E-state index in [4.69, 9.17) is 10.1 Å². The first-order valence-electron chi connectivity index (χ1n) is 10.4. The molecule has 6 nitrogen and oxygen atoms in total. The molecule has 5 rings (SSSR count). The number of hydrogen-bond acceptors (Lipinski definition) is 4. The monoisotopic (exact) mass is 387 g/mol. The molecular weight excluding hydrogens is 360 g/mol. The molecule has 0 radical (unpaired) electrons. The Bertz CT molecular complexity index is 1170. The van der Waals surface area contributed by atoms with Crippen LogP contribution in [0.2, 0.25) is 0 Å². The number of quaternary nitrogens is 1. The maximum atomic E-state index is 4.83. The molecule has 1 fully saturated rings. The van der Waals surface area contributed by atoms with Crippen LogP contribution >= 0.6 is 0 Å². The van der Waals surface area contributed by atoms with Crippen LogP contribution in [0.4, 0.5) is 5.82 Å². The number of piperazine rings is 1. The largest absolute Gasteiger partial charge is 0.345 e. The molecule has 1 N–H and O–H groups in total. The molecule has 1 aliphatic heterocycles. The van der Waals surface area contributed by atoms with Gasteiger partial charge in [0.1, 0.15) is 12.4 Å². The van der Waals surface area contributed by atoms with Crippen LogP contribution in [-0.4, -0.2) is 45.8 Å². The van der Waals surface area contributed by atoms with Crippen LogP contribution in [0.3, 0.4) is 0 Å². The number of nitrogens with one attached hydrogen (secondary N) is 1. The van der Waals surface area contributed by atoms with Crippen molar-refractivity contribution in [2.45, 2.75) is 27.3 Å². The van der Waals surface area contributed by atoms with Gasteiger partial charge in [-0.25, -0.2) is 9.97 Å². The SMILES string of the molecule is Cc1cc(C)c2c(n1)nn1c(N3CC[NH+](Cc4ccccc4)CC3)cc(C)nc21. The molecule has 3 aromatic heterocycles. The van der Waals surface area contributed by atoms with Crippen LogP contribution in [0, 0.1) is 20.8 Å². The molecule has 1 saturated heterocycles. The third-order valence-electron chi connectivity index (χ3n) is 5.87. The van der Waals surface area contributed by atoms with E-state index in [1.54, 1.807) is 4.90 Å². The predicted octanol–water partition coefficient (Wildman–Crippen LogP) is 2.11. The van der Waals surface area contributed by atoms with Crippen molar-refractivity contribution in [1.82, 2.24) is 19.6 Å². The quantitative estimate of drug-likeness (QED) is 0.585. The van der Waals surface area contributed by atoms with Crippen LogP contribution in [0.15, 0.2) is 42.5 Å². The summed E-state index contributed by atoms with van der Waals surface area (Å²) in [6.07, 6.45) is 0. The fourth-order valence-corrected chi connectivity index (χ4v) is 4.46. The molecule has 6 heteroatoms. The first-order chi connectivity index (χ1) is 14.1. The van der Waals surface area contributed by atoms with Gasteiger partial charge < -0.3 is 9.80 Å². The maximum Gasteiger partial charge on any atom is 0.184 e. The number of aryl methyl sites for hydroxylation is 3. The minimum Gasteiger partial charge on any atom is -0.345 e. The van der Waals surface area contributed by atoms with E-state index in [0.29, 0.717) is 0 Å². The van der Waals surface area contributed by atoms with Crippen molar-refractivity contribution >= 4 is 22.5 Å². The third-order valence-corrected chi connectivity index (χ3v) is 5.87. The molecule has 0 atom stereocenters. The van der Waals surface area contributed by atoms with Crippen LogP contribution in [0.25, 0.3) is 16.7 Å². The molecule has 1 aromatic carbocycles. The van der Waals surface area contributed by atoms with Crippen molar-refractivity contribution < 1.29 is 4.90 Å². The Balaban J connectivity index is 1.45. The summed E-state index contributed by atoms with van der Waals surface area (Å²) >= 11 is 0. The van der Waals surface area contributed by atoms with E-state index in [0.717, 1.165) is 66.6 Å². The number of anilines is 1. The van der Waals surface area contributed by atoms with Crippen molar-refractivity contribution in [2.75, 3.05) is 31.1 Å². The lowest BCUT2D eigenvalue weighted by molar-refractivity contribution is -0.914. The Hall–Kier alpha value is -2.99. The molecular formula is C23H27N6+. The van der Waals surface area contributed by atoms with Gasteiger partial charge in [0.2, 0.25) is 0 Å². The number of pyridine rings is 1. The minimum absolute atomic E-state index is 0.787. The van der Waals surface area contributed by atoms with Gasteiger partial charge in [0.25, 0.3) is 0 Å². The van der Waals surface area contributed by atoms with Crippen LogP contribution < -0.4 is 9.80 Å². The summed E-state index contributed by atoms with van der Waals surface area (Å²) in [6.45, 7) is 11.6. The van der Waals surface area contributed by atoms with Gasteiger partial charge in [-0.3, -0.25) is 0 Å². The molecule has 4 heterocycles. The van der Waals surface area contributed by atoms with E-state index in [1.807, 2.05) is 11.4 Å². The third kappa shape index (κ3) is 3.34. The summed E-state index contributed by atoms with van der Waals surface area (Å²) in [5.41, 5.74) is 6.31. The number of rotatable bonds is 3. The van der Waals surface area contributed by atoms with Gasteiger partial charge in [0.05, 0.1) is 31.6 Å². The smallest absolute Gasteiger partial charge is 0.184 e. The average Bonchev–Trinajstić information content (AvgIpc) is 3.07. The van der Waals surface area contributed by atoms with Crippen LogP contribution in [0.1, 0.15) is 22.5 Å². The number of hydrogen-bond donors (Lipinski definition) is 1. The number of fused-ring (bicyclic) bond motifs is 3. The highest BCUT2D eigenvalue weighted by atomic mass is 15.4. The van der Waals surface area contributed by atoms with E-state index in [1.165, 1.54) is 11.1 Å². The highest BCUT2D eigenvalue weighted by Crippen LogP contribution is 2.26. The molecule has 29 heavy (non-hydrogen) atoms. The van der Waals surface area contributed by atoms with Gasteiger partial charge in [-0.1, -0.05) is 30.3 Å². The van der Waals surface area contributed by atoms with Gasteiger partial charge in [-0.2, -0.15) is 4.52 Å². The van der Waals surface area contributed by atoms with Crippen molar-refractivity contribution in [1.29, 1.82) is 0 Å². The Labute approximate surface area is 170 Å². The van der Waals surface area contributed by atoms with E-state index in [-0.39, 0.29) is 0 Å². The lowest BCUT2D eigenvalue weighted by Crippen LogP contribution is -3.13. The molecule has 0 saturated carbocycles. The van der Waals surface area contributed by atoms with E-state index in [9.17, 15) is 0 Å². The van der Waals surface area contributed by atoms with Crippen molar-refractivity contribution in [3.05, 3.63) is 65.0 Å². The number of benzene rings is 1. The van der Waals surface area contributed by atoms with Crippen molar-refractivity contribution in [2.24, 2.45) is 0 Å². The molecule has 0 amide bonds. The first kappa shape index (κ1) is 18.1. The van der Waals surface area contributed by atoms with Gasteiger partial charge >= 0.3 is 0 Å². The second-order valence-corrected chi connectivity index (χ2v) is 8.17. The highest BCUT2D eigenvalue weighted by Gasteiger charge is 2.24. The second kappa shape index (κ2) is 7.12. The molecule has 0 spiro atoms. The number of aromatic nitrogens is 4. The number of nitrogens with zero attached hydrogens (tertiary/aromatic N) is 5. The Morgan fingerprint density at radius 2 is 1.66 bits per heavy atom. The fraction of sp³-hybridized carbons (Fsp3) is 0.348. The average molecular weight is 388 g/mol. The lowest BCUT2D eigenvalue weighted by atomic mass is 10.2. The Kier molecular flexibility index (Phi) is 4.43. The summed E-state index contributed by atoms with van der Waals surface area (Å²) < 4.78 is 2.00. The standard InChI is InChI=1S/C23H26N6/c1-16-13-17(2)24-22-21(16)23-25-18(3)14-20(29(23)26-22)28-11-9-27(10-12-28)15-19-7-5-4-6-8-19/h4-8,13-14H,9-12,15H2,1-3H3/p+1. The second-order valence-electron chi connectivity index (χ2n) is 8.17. The minimum atomic E-state index is 0.787. The zero-order chi connectivity index (χ0) is 20.0. The zero-order valence-corrected chi connectivity index (χ0v) is 17.3. The van der Waals surface area contributed by atoms with Crippen LogP contribution in [0.5, 0.6) is 0 Å². The van der Waals surface area contributed by atoms with Gasteiger partial charge in [0, 0.05) is 23.0 Å². The summed E-state index contributed by atoms with van der Waals surface area (Å²) in [6, 6.07) is 15.1. The fourth-order valence-electron chi connectivity index (χ4n) is 4.46. The molecule has 0 unspecified atom stereocenters. The zero-order valence-electron chi connectivity index (χ0n) is 17.3. The Morgan fingerprint density at radius 3 is 2.41 bits per heavy atom. The normalized spacial score (nSPS) is 15.5. The van der Waals surface area contributed by atoms with Gasteiger partial charge in [-0.05, 0) is 32.4 Å². The Morgan fingerprint density at radius 1 is 0.931 bits per heavy atom.